The Morgan fingerprint density at radius 3 is 1.73 bits per heavy atom. The van der Waals surface area contributed by atoms with Gasteiger partial charge in [-0.15, -0.1) is 0 Å². The molecule has 0 spiro atoms. The lowest BCUT2D eigenvalue weighted by Crippen LogP contribution is -2.09. The van der Waals surface area contributed by atoms with Gasteiger partial charge in [-0.25, -0.2) is 0 Å². The van der Waals surface area contributed by atoms with Gasteiger partial charge in [0, 0.05) is 66.4 Å². The highest BCUT2D eigenvalue weighted by Crippen LogP contribution is 2.44. The highest BCUT2D eigenvalue weighted by Gasteiger charge is 2.23. The Bertz CT molecular complexity index is 4030. The third-order valence-electron chi connectivity index (χ3n) is 13.9. The number of rotatable bonds is 5. The van der Waals surface area contributed by atoms with Crippen LogP contribution in [0, 0.1) is 0 Å². The van der Waals surface area contributed by atoms with Crippen molar-refractivity contribution in [1.82, 2.24) is 9.13 Å². The van der Waals surface area contributed by atoms with E-state index in [2.05, 4.69) is 203 Å². The summed E-state index contributed by atoms with van der Waals surface area (Å²) in [5, 5.41) is 9.45. The molecule has 0 saturated heterocycles. The first-order valence-electron chi connectivity index (χ1n) is 22.4. The van der Waals surface area contributed by atoms with Crippen molar-refractivity contribution in [2.45, 2.75) is 25.3 Å². The first kappa shape index (κ1) is 35.5. The van der Waals surface area contributed by atoms with Crippen molar-refractivity contribution in [2.24, 2.45) is 0 Å². The topological polar surface area (TPSA) is 36.1 Å². The van der Waals surface area contributed by atoms with Gasteiger partial charge in [-0.05, 0) is 113 Å². The van der Waals surface area contributed by atoms with Gasteiger partial charge in [0.15, 0.2) is 0 Å². The molecule has 0 fully saturated rings. The van der Waals surface area contributed by atoms with E-state index in [0.29, 0.717) is 0 Å². The summed E-state index contributed by atoms with van der Waals surface area (Å²) in [5.41, 5.74) is 17.0. The van der Waals surface area contributed by atoms with Crippen LogP contribution in [0.15, 0.2) is 220 Å². The van der Waals surface area contributed by atoms with Crippen molar-refractivity contribution in [3.05, 3.63) is 211 Å². The number of allylic oxidation sites excluding steroid dienone is 8. The van der Waals surface area contributed by atoms with E-state index in [4.69, 9.17) is 8.83 Å². The number of hydrogen-bond acceptors (Lipinski definition) is 2. The molecular formula is C60H40N2O2. The maximum atomic E-state index is 6.52. The van der Waals surface area contributed by atoms with E-state index in [-0.39, 0.29) is 6.04 Å². The van der Waals surface area contributed by atoms with E-state index in [9.17, 15) is 0 Å². The number of hydrogen-bond donors (Lipinski definition) is 0. The van der Waals surface area contributed by atoms with E-state index in [1.807, 2.05) is 6.07 Å². The zero-order valence-corrected chi connectivity index (χ0v) is 35.0. The van der Waals surface area contributed by atoms with Crippen LogP contribution in [-0.2, 0) is 0 Å². The smallest absolute Gasteiger partial charge is 0.137 e. The molecule has 64 heavy (non-hydrogen) atoms. The Morgan fingerprint density at radius 1 is 0.438 bits per heavy atom. The number of fused-ring (bicyclic) bond motifs is 12. The summed E-state index contributed by atoms with van der Waals surface area (Å²) in [6.45, 7) is 0. The number of nitrogens with zero attached hydrogens (tertiary/aromatic N) is 2. The maximum Gasteiger partial charge on any atom is 0.137 e. The standard InChI is InChI=1S/C60H40N2O2/c1-3-12-37(13-4-1)39-22-26-43(27-23-39)61-53-28-24-41(31-47(53)49-33-51-45-18-7-9-20-57(45)63-59(51)35-55(49)61)42-25-29-54-48(32-42)50-34-52-46-19-8-10-21-58(46)64-60(52)36-56(50)62(54)44-17-11-16-40(30-44)38-14-5-2-6-15-38/h1-5,7-14,16,18-36,44H,6,15,17H2. The van der Waals surface area contributed by atoms with Crippen LogP contribution in [0.4, 0.5) is 0 Å². The lowest BCUT2D eigenvalue weighted by atomic mass is 9.91. The molecule has 1 unspecified atom stereocenters. The highest BCUT2D eigenvalue weighted by molar-refractivity contribution is 6.19. The van der Waals surface area contributed by atoms with Gasteiger partial charge in [0.2, 0.25) is 0 Å². The molecule has 1 atom stereocenters. The molecule has 14 rings (SSSR count). The van der Waals surface area contributed by atoms with Crippen LogP contribution in [0.2, 0.25) is 0 Å². The third-order valence-corrected chi connectivity index (χ3v) is 13.9. The summed E-state index contributed by atoms with van der Waals surface area (Å²) in [4.78, 5) is 0. The van der Waals surface area contributed by atoms with E-state index in [1.54, 1.807) is 0 Å². The van der Waals surface area contributed by atoms with Gasteiger partial charge in [-0.2, -0.15) is 0 Å². The summed E-state index contributed by atoms with van der Waals surface area (Å²) >= 11 is 0. The molecule has 0 N–H and O–H groups in total. The predicted octanol–water partition coefficient (Wildman–Crippen LogP) is 16.7. The molecule has 0 saturated carbocycles. The lowest BCUT2D eigenvalue weighted by molar-refractivity contribution is 0.641. The van der Waals surface area contributed by atoms with Crippen molar-refractivity contribution < 1.29 is 8.83 Å². The van der Waals surface area contributed by atoms with Crippen molar-refractivity contribution in [2.75, 3.05) is 0 Å². The molecule has 0 bridgehead atoms. The minimum Gasteiger partial charge on any atom is -0.456 e. The summed E-state index contributed by atoms with van der Waals surface area (Å²) in [7, 11) is 0. The van der Waals surface area contributed by atoms with Crippen LogP contribution in [-0.4, -0.2) is 9.13 Å². The number of furan rings is 2. The fraction of sp³-hybridized carbons (Fsp3) is 0.0667. The molecule has 4 nitrogen and oxygen atoms in total. The molecule has 4 heterocycles. The SMILES string of the molecule is C1=CCCC(C2=CC(n3c4ccc(-c5ccc6c(c5)c5cc7c(cc5n6-c5ccc(-c6ccccc6)cc5)oc5ccccc57)cc4c4cc5c(cc43)oc3ccccc35)CC=C2)=C1. The minimum absolute atomic E-state index is 0.166. The zero-order chi connectivity index (χ0) is 41.9. The molecule has 4 aromatic heterocycles. The molecule has 8 aromatic carbocycles. The second-order valence-corrected chi connectivity index (χ2v) is 17.5. The van der Waals surface area contributed by atoms with Gasteiger partial charge >= 0.3 is 0 Å². The largest absolute Gasteiger partial charge is 0.456 e. The number of benzene rings is 8. The van der Waals surface area contributed by atoms with Crippen molar-refractivity contribution in [1.29, 1.82) is 0 Å². The quantitative estimate of drug-likeness (QED) is 0.173. The normalized spacial score (nSPS) is 15.5. The van der Waals surface area contributed by atoms with Gasteiger partial charge in [-0.1, -0.05) is 127 Å². The summed E-state index contributed by atoms with van der Waals surface area (Å²) < 4.78 is 18.0. The second kappa shape index (κ2) is 13.7. The van der Waals surface area contributed by atoms with Gasteiger partial charge in [0.05, 0.1) is 22.6 Å². The van der Waals surface area contributed by atoms with Crippen LogP contribution in [0.25, 0.3) is 115 Å². The Balaban J connectivity index is 0.977. The fourth-order valence-electron chi connectivity index (χ4n) is 10.8. The average Bonchev–Trinajstić information content (AvgIpc) is 4.10. The Labute approximate surface area is 368 Å². The molecule has 0 aliphatic heterocycles. The van der Waals surface area contributed by atoms with Crippen molar-refractivity contribution >= 4 is 87.5 Å². The van der Waals surface area contributed by atoms with E-state index in [1.165, 1.54) is 66.0 Å². The summed E-state index contributed by atoms with van der Waals surface area (Å²) in [6, 6.07) is 59.8. The van der Waals surface area contributed by atoms with E-state index >= 15 is 0 Å². The summed E-state index contributed by atoms with van der Waals surface area (Å²) in [5.74, 6) is 0. The first-order valence-corrected chi connectivity index (χ1v) is 22.4. The highest BCUT2D eigenvalue weighted by atomic mass is 16.3. The number of para-hydroxylation sites is 2. The van der Waals surface area contributed by atoms with Crippen LogP contribution >= 0.6 is 0 Å². The number of aromatic nitrogens is 2. The lowest BCUT2D eigenvalue weighted by Gasteiger charge is -2.23. The van der Waals surface area contributed by atoms with Crippen LogP contribution < -0.4 is 0 Å². The Morgan fingerprint density at radius 2 is 1.03 bits per heavy atom. The monoisotopic (exact) mass is 820 g/mol. The van der Waals surface area contributed by atoms with E-state index in [0.717, 1.165) is 79.9 Å². The van der Waals surface area contributed by atoms with E-state index < -0.39 is 0 Å². The van der Waals surface area contributed by atoms with Crippen molar-refractivity contribution in [3.63, 3.8) is 0 Å². The predicted molar refractivity (Wildman–Crippen MR) is 267 cm³/mol. The summed E-state index contributed by atoms with van der Waals surface area (Å²) in [6.07, 6.45) is 17.0. The van der Waals surface area contributed by atoms with Crippen LogP contribution in [0.5, 0.6) is 0 Å². The van der Waals surface area contributed by atoms with Gasteiger partial charge in [-0.3, -0.25) is 0 Å². The molecule has 2 aliphatic carbocycles. The van der Waals surface area contributed by atoms with Gasteiger partial charge < -0.3 is 18.0 Å². The second-order valence-electron chi connectivity index (χ2n) is 17.5. The molecule has 2 aliphatic rings. The maximum absolute atomic E-state index is 6.52. The minimum atomic E-state index is 0.166. The van der Waals surface area contributed by atoms with Gasteiger partial charge in [0.1, 0.15) is 22.3 Å². The zero-order valence-electron chi connectivity index (χ0n) is 35.0. The fourth-order valence-corrected chi connectivity index (χ4v) is 10.8. The molecule has 12 aromatic rings. The first-order chi connectivity index (χ1) is 31.7. The molecule has 302 valence electrons. The molecule has 0 radical (unpaired) electrons. The molecule has 0 amide bonds. The van der Waals surface area contributed by atoms with Crippen LogP contribution in [0.1, 0.15) is 25.3 Å². The Hall–Kier alpha value is -8.08. The average molecular weight is 821 g/mol. The molecule has 4 heteroatoms. The van der Waals surface area contributed by atoms with Crippen molar-refractivity contribution in [3.8, 4) is 27.9 Å². The van der Waals surface area contributed by atoms with Crippen LogP contribution in [0.3, 0.4) is 0 Å². The van der Waals surface area contributed by atoms with Gasteiger partial charge in [0.25, 0.3) is 0 Å². The third kappa shape index (κ3) is 5.36. The molecular weight excluding hydrogens is 781 g/mol. The Kier molecular flexibility index (Phi) is 7.61.